The molecule has 0 nitrogen and oxygen atoms in total. The SMILES string of the molecule is CCCC1=C(C)C(C)=C2CCCCCCC12. The average molecular weight is 218 g/mol. The highest BCUT2D eigenvalue weighted by molar-refractivity contribution is 5.47. The zero-order valence-corrected chi connectivity index (χ0v) is 11.2. The molecule has 1 atom stereocenters. The first-order valence-corrected chi connectivity index (χ1v) is 7.15. The van der Waals surface area contributed by atoms with Gasteiger partial charge in [0.15, 0.2) is 0 Å². The Labute approximate surface area is 101 Å². The minimum Gasteiger partial charge on any atom is -0.0651 e. The first-order valence-electron chi connectivity index (χ1n) is 7.15. The van der Waals surface area contributed by atoms with Gasteiger partial charge in [0.05, 0.1) is 0 Å². The molecule has 2 aliphatic carbocycles. The number of allylic oxidation sites excluding steroid dienone is 4. The second kappa shape index (κ2) is 5.21. The van der Waals surface area contributed by atoms with Crippen LogP contribution in [0.4, 0.5) is 0 Å². The predicted molar refractivity (Wildman–Crippen MR) is 71.5 cm³/mol. The summed E-state index contributed by atoms with van der Waals surface area (Å²) in [6, 6.07) is 0. The van der Waals surface area contributed by atoms with Crippen molar-refractivity contribution in [1.82, 2.24) is 0 Å². The van der Waals surface area contributed by atoms with E-state index in [0.29, 0.717) is 0 Å². The summed E-state index contributed by atoms with van der Waals surface area (Å²) in [5, 5.41) is 0. The van der Waals surface area contributed by atoms with Crippen LogP contribution < -0.4 is 0 Å². The van der Waals surface area contributed by atoms with Gasteiger partial charge >= 0.3 is 0 Å². The fraction of sp³-hybridized carbons (Fsp3) is 0.750. The fourth-order valence-electron chi connectivity index (χ4n) is 3.57. The standard InChI is InChI=1S/C16H26/c1-4-9-14-12(2)13(3)15-10-7-5-6-8-11-16(14)15/h16H,4-11H2,1-3H3. The van der Waals surface area contributed by atoms with Gasteiger partial charge in [-0.15, -0.1) is 0 Å². The molecule has 16 heavy (non-hydrogen) atoms. The predicted octanol–water partition coefficient (Wildman–Crippen LogP) is 5.40. The summed E-state index contributed by atoms with van der Waals surface area (Å²) >= 11 is 0. The molecular formula is C16H26. The summed E-state index contributed by atoms with van der Waals surface area (Å²) < 4.78 is 0. The first kappa shape index (κ1) is 12.0. The molecule has 90 valence electrons. The van der Waals surface area contributed by atoms with E-state index in [1.165, 1.54) is 51.4 Å². The van der Waals surface area contributed by atoms with Gasteiger partial charge in [0.2, 0.25) is 0 Å². The minimum absolute atomic E-state index is 0.847. The molecule has 0 heterocycles. The van der Waals surface area contributed by atoms with E-state index in [1.54, 1.807) is 22.3 Å². The topological polar surface area (TPSA) is 0 Å². The number of fused-ring (bicyclic) bond motifs is 1. The van der Waals surface area contributed by atoms with Gasteiger partial charge in [-0.2, -0.15) is 0 Å². The molecule has 0 spiro atoms. The first-order chi connectivity index (χ1) is 7.75. The van der Waals surface area contributed by atoms with Crippen molar-refractivity contribution in [2.75, 3.05) is 0 Å². The van der Waals surface area contributed by atoms with Crippen molar-refractivity contribution in [3.8, 4) is 0 Å². The van der Waals surface area contributed by atoms with Crippen LogP contribution >= 0.6 is 0 Å². The highest BCUT2D eigenvalue weighted by atomic mass is 14.3. The number of rotatable bonds is 2. The Morgan fingerprint density at radius 3 is 2.50 bits per heavy atom. The zero-order chi connectivity index (χ0) is 11.5. The highest BCUT2D eigenvalue weighted by Gasteiger charge is 2.28. The van der Waals surface area contributed by atoms with Crippen LogP contribution in [0.2, 0.25) is 0 Å². The van der Waals surface area contributed by atoms with Gasteiger partial charge in [0.25, 0.3) is 0 Å². The van der Waals surface area contributed by atoms with Crippen molar-refractivity contribution in [1.29, 1.82) is 0 Å². The summed E-state index contributed by atoms with van der Waals surface area (Å²) in [6.07, 6.45) is 11.2. The molecule has 0 saturated heterocycles. The summed E-state index contributed by atoms with van der Waals surface area (Å²) in [5.41, 5.74) is 6.89. The highest BCUT2D eigenvalue weighted by Crippen LogP contribution is 2.45. The van der Waals surface area contributed by atoms with Crippen LogP contribution in [0.5, 0.6) is 0 Å². The van der Waals surface area contributed by atoms with Crippen LogP contribution in [0.15, 0.2) is 22.3 Å². The van der Waals surface area contributed by atoms with Crippen LogP contribution in [0, 0.1) is 5.92 Å². The van der Waals surface area contributed by atoms with Gasteiger partial charge in [-0.05, 0) is 50.7 Å². The average Bonchev–Trinajstić information content (AvgIpc) is 2.43. The number of hydrogen-bond donors (Lipinski definition) is 0. The lowest BCUT2D eigenvalue weighted by Crippen LogP contribution is -2.07. The molecule has 2 aliphatic rings. The Hall–Kier alpha value is -0.520. The second-order valence-corrected chi connectivity index (χ2v) is 5.56. The third kappa shape index (κ3) is 2.12. The molecule has 0 aromatic rings. The van der Waals surface area contributed by atoms with Crippen molar-refractivity contribution in [2.45, 2.75) is 72.1 Å². The Balaban J connectivity index is 2.24. The summed E-state index contributed by atoms with van der Waals surface area (Å²) in [4.78, 5) is 0. The van der Waals surface area contributed by atoms with Crippen molar-refractivity contribution in [3.63, 3.8) is 0 Å². The zero-order valence-electron chi connectivity index (χ0n) is 11.2. The molecule has 0 N–H and O–H groups in total. The smallest absolute Gasteiger partial charge is 0.00186 e. The Morgan fingerprint density at radius 2 is 1.75 bits per heavy atom. The van der Waals surface area contributed by atoms with Gasteiger partial charge in [-0.1, -0.05) is 43.8 Å². The van der Waals surface area contributed by atoms with E-state index in [2.05, 4.69) is 20.8 Å². The normalized spacial score (nSPS) is 26.8. The van der Waals surface area contributed by atoms with Crippen molar-refractivity contribution in [2.24, 2.45) is 5.92 Å². The van der Waals surface area contributed by atoms with E-state index < -0.39 is 0 Å². The molecule has 0 amide bonds. The number of hydrogen-bond acceptors (Lipinski definition) is 0. The largest absolute Gasteiger partial charge is 0.0651 e. The quantitative estimate of drug-likeness (QED) is 0.582. The summed E-state index contributed by atoms with van der Waals surface area (Å²) in [5.74, 6) is 0.847. The van der Waals surface area contributed by atoms with Crippen molar-refractivity contribution < 1.29 is 0 Å². The molecule has 0 radical (unpaired) electrons. The summed E-state index contributed by atoms with van der Waals surface area (Å²) in [6.45, 7) is 7.04. The Morgan fingerprint density at radius 1 is 1.00 bits per heavy atom. The van der Waals surface area contributed by atoms with Crippen LogP contribution in [0.25, 0.3) is 0 Å². The Kier molecular flexibility index (Phi) is 3.89. The fourth-order valence-corrected chi connectivity index (χ4v) is 3.57. The van der Waals surface area contributed by atoms with E-state index >= 15 is 0 Å². The van der Waals surface area contributed by atoms with E-state index in [9.17, 15) is 0 Å². The second-order valence-electron chi connectivity index (χ2n) is 5.56. The molecule has 1 unspecified atom stereocenters. The van der Waals surface area contributed by atoms with E-state index in [4.69, 9.17) is 0 Å². The van der Waals surface area contributed by atoms with Crippen molar-refractivity contribution >= 4 is 0 Å². The third-order valence-corrected chi connectivity index (χ3v) is 4.58. The van der Waals surface area contributed by atoms with E-state index in [0.717, 1.165) is 5.92 Å². The molecule has 0 heteroatoms. The molecule has 2 rings (SSSR count). The lowest BCUT2D eigenvalue weighted by molar-refractivity contribution is 0.495. The Bertz CT molecular complexity index is 299. The maximum atomic E-state index is 2.36. The van der Waals surface area contributed by atoms with Gasteiger partial charge in [-0.25, -0.2) is 0 Å². The molecular weight excluding hydrogens is 192 g/mol. The molecule has 1 fully saturated rings. The van der Waals surface area contributed by atoms with Crippen LogP contribution in [-0.2, 0) is 0 Å². The molecule has 0 aliphatic heterocycles. The third-order valence-electron chi connectivity index (χ3n) is 4.58. The summed E-state index contributed by atoms with van der Waals surface area (Å²) in [7, 11) is 0. The lowest BCUT2D eigenvalue weighted by Gasteiger charge is -2.22. The van der Waals surface area contributed by atoms with Gasteiger partial charge in [-0.3, -0.25) is 0 Å². The maximum Gasteiger partial charge on any atom is 0.00186 e. The van der Waals surface area contributed by atoms with Crippen LogP contribution in [0.1, 0.15) is 72.1 Å². The lowest BCUT2D eigenvalue weighted by atomic mass is 9.83. The molecule has 0 aromatic carbocycles. The van der Waals surface area contributed by atoms with E-state index in [-0.39, 0.29) is 0 Å². The minimum atomic E-state index is 0.847. The van der Waals surface area contributed by atoms with E-state index in [1.807, 2.05) is 0 Å². The van der Waals surface area contributed by atoms with Gasteiger partial charge in [0.1, 0.15) is 0 Å². The van der Waals surface area contributed by atoms with Gasteiger partial charge in [0, 0.05) is 5.92 Å². The molecule has 0 aromatic heterocycles. The maximum absolute atomic E-state index is 2.36. The monoisotopic (exact) mass is 218 g/mol. The van der Waals surface area contributed by atoms with Crippen LogP contribution in [-0.4, -0.2) is 0 Å². The molecule has 1 saturated carbocycles. The molecule has 0 bridgehead atoms. The van der Waals surface area contributed by atoms with Crippen LogP contribution in [0.3, 0.4) is 0 Å². The van der Waals surface area contributed by atoms with Crippen molar-refractivity contribution in [3.05, 3.63) is 22.3 Å². The van der Waals surface area contributed by atoms with Gasteiger partial charge < -0.3 is 0 Å².